The highest BCUT2D eigenvalue weighted by molar-refractivity contribution is 6.09. The first kappa shape index (κ1) is 18.3. The normalized spacial score (nSPS) is 10.3. The van der Waals surface area contributed by atoms with Gasteiger partial charge in [0.1, 0.15) is 17.3 Å². The Bertz CT molecular complexity index is 930. The van der Waals surface area contributed by atoms with Crippen molar-refractivity contribution >= 4 is 11.8 Å². The SMILES string of the molecule is COc1ccc(CC(=O)Oc2ccc(C(=O)c3ccc(F)cc3)cc2)cc1. The van der Waals surface area contributed by atoms with Gasteiger partial charge < -0.3 is 9.47 Å². The number of halogens is 1. The quantitative estimate of drug-likeness (QED) is 0.373. The Morgan fingerprint density at radius 1 is 0.778 bits per heavy atom. The van der Waals surface area contributed by atoms with Crippen molar-refractivity contribution in [2.75, 3.05) is 7.11 Å². The molecule has 27 heavy (non-hydrogen) atoms. The fourth-order valence-corrected chi connectivity index (χ4v) is 2.52. The topological polar surface area (TPSA) is 52.6 Å². The Morgan fingerprint density at radius 2 is 1.30 bits per heavy atom. The van der Waals surface area contributed by atoms with E-state index >= 15 is 0 Å². The molecule has 0 atom stereocenters. The molecule has 3 rings (SSSR count). The summed E-state index contributed by atoms with van der Waals surface area (Å²) in [6, 6.07) is 18.7. The minimum atomic E-state index is -0.405. The van der Waals surface area contributed by atoms with E-state index in [1.807, 2.05) is 0 Å². The van der Waals surface area contributed by atoms with Gasteiger partial charge in [-0.2, -0.15) is 0 Å². The highest BCUT2D eigenvalue weighted by Gasteiger charge is 2.11. The number of carbonyl (C=O) groups is 2. The van der Waals surface area contributed by atoms with Crippen LogP contribution in [0.25, 0.3) is 0 Å². The maximum absolute atomic E-state index is 13.0. The Kier molecular flexibility index (Phi) is 5.61. The molecule has 0 fully saturated rings. The zero-order valence-electron chi connectivity index (χ0n) is 14.6. The number of ketones is 1. The average molecular weight is 364 g/mol. The monoisotopic (exact) mass is 364 g/mol. The zero-order chi connectivity index (χ0) is 19.2. The third-order valence-electron chi connectivity index (χ3n) is 3.96. The Morgan fingerprint density at radius 3 is 1.85 bits per heavy atom. The maximum atomic E-state index is 13.0. The molecular weight excluding hydrogens is 347 g/mol. The van der Waals surface area contributed by atoms with Gasteiger partial charge in [-0.15, -0.1) is 0 Å². The molecular formula is C22H17FO4. The minimum absolute atomic E-state index is 0.125. The van der Waals surface area contributed by atoms with Gasteiger partial charge in [0.05, 0.1) is 13.5 Å². The molecule has 0 bridgehead atoms. The van der Waals surface area contributed by atoms with E-state index in [0.717, 1.165) is 5.56 Å². The van der Waals surface area contributed by atoms with Gasteiger partial charge in [0.2, 0.25) is 0 Å². The van der Waals surface area contributed by atoms with Gasteiger partial charge in [0, 0.05) is 11.1 Å². The fourth-order valence-electron chi connectivity index (χ4n) is 2.52. The summed E-state index contributed by atoms with van der Waals surface area (Å²) in [7, 11) is 1.58. The highest BCUT2D eigenvalue weighted by Crippen LogP contribution is 2.17. The van der Waals surface area contributed by atoms with Crippen molar-refractivity contribution < 1.29 is 23.5 Å². The van der Waals surface area contributed by atoms with Gasteiger partial charge in [0.15, 0.2) is 5.78 Å². The molecule has 0 amide bonds. The van der Waals surface area contributed by atoms with Crippen LogP contribution >= 0.6 is 0 Å². The van der Waals surface area contributed by atoms with Gasteiger partial charge in [-0.25, -0.2) is 4.39 Å². The molecule has 0 heterocycles. The van der Waals surface area contributed by atoms with Gasteiger partial charge in [-0.1, -0.05) is 12.1 Å². The van der Waals surface area contributed by atoms with Crippen LogP contribution in [0.1, 0.15) is 21.5 Å². The Balaban J connectivity index is 1.61. The first-order chi connectivity index (χ1) is 13.0. The van der Waals surface area contributed by atoms with Crippen LogP contribution in [-0.4, -0.2) is 18.9 Å². The van der Waals surface area contributed by atoms with Crippen LogP contribution in [0.5, 0.6) is 11.5 Å². The van der Waals surface area contributed by atoms with Crippen LogP contribution in [0.2, 0.25) is 0 Å². The van der Waals surface area contributed by atoms with Crippen molar-refractivity contribution in [1.82, 2.24) is 0 Å². The number of carbonyl (C=O) groups excluding carboxylic acids is 2. The summed E-state index contributed by atoms with van der Waals surface area (Å²) >= 11 is 0. The number of rotatable bonds is 6. The average Bonchev–Trinajstić information content (AvgIpc) is 2.69. The lowest BCUT2D eigenvalue weighted by Gasteiger charge is -2.06. The summed E-state index contributed by atoms with van der Waals surface area (Å²) in [6.07, 6.45) is 0.125. The molecule has 0 aromatic heterocycles. The van der Waals surface area contributed by atoms with Crippen LogP contribution in [0.15, 0.2) is 72.8 Å². The third kappa shape index (κ3) is 4.79. The molecule has 0 radical (unpaired) electrons. The molecule has 136 valence electrons. The van der Waals surface area contributed by atoms with E-state index in [-0.39, 0.29) is 12.2 Å². The minimum Gasteiger partial charge on any atom is -0.497 e. The summed E-state index contributed by atoms with van der Waals surface area (Å²) in [5, 5.41) is 0. The molecule has 0 saturated carbocycles. The molecule has 0 spiro atoms. The number of benzene rings is 3. The lowest BCUT2D eigenvalue weighted by molar-refractivity contribution is -0.133. The second kappa shape index (κ2) is 8.27. The van der Waals surface area contributed by atoms with E-state index in [0.29, 0.717) is 22.6 Å². The fraction of sp³-hybridized carbons (Fsp3) is 0.0909. The lowest BCUT2D eigenvalue weighted by atomic mass is 10.0. The summed E-state index contributed by atoms with van der Waals surface area (Å²) < 4.78 is 23.3. The largest absolute Gasteiger partial charge is 0.497 e. The zero-order valence-corrected chi connectivity index (χ0v) is 14.6. The number of hydrogen-bond donors (Lipinski definition) is 0. The first-order valence-corrected chi connectivity index (χ1v) is 8.29. The van der Waals surface area contributed by atoms with Crippen molar-refractivity contribution in [1.29, 1.82) is 0 Å². The summed E-state index contributed by atoms with van der Waals surface area (Å²) in [6.45, 7) is 0. The van der Waals surface area contributed by atoms with Gasteiger partial charge in [0.25, 0.3) is 0 Å². The lowest BCUT2D eigenvalue weighted by Crippen LogP contribution is -2.11. The second-order valence-electron chi connectivity index (χ2n) is 5.86. The van der Waals surface area contributed by atoms with Gasteiger partial charge in [-0.05, 0) is 66.2 Å². The molecule has 0 saturated heterocycles. The maximum Gasteiger partial charge on any atom is 0.315 e. The number of methoxy groups -OCH3 is 1. The van der Waals surface area contributed by atoms with E-state index in [2.05, 4.69) is 0 Å². The van der Waals surface area contributed by atoms with Crippen LogP contribution < -0.4 is 9.47 Å². The Hall–Kier alpha value is -3.47. The number of ether oxygens (including phenoxy) is 2. The van der Waals surface area contributed by atoms with E-state index in [1.165, 1.54) is 24.3 Å². The highest BCUT2D eigenvalue weighted by atomic mass is 19.1. The van der Waals surface area contributed by atoms with Crippen molar-refractivity contribution in [2.45, 2.75) is 6.42 Å². The molecule has 3 aromatic rings. The van der Waals surface area contributed by atoms with E-state index in [4.69, 9.17) is 9.47 Å². The molecule has 0 aliphatic rings. The smallest absolute Gasteiger partial charge is 0.315 e. The molecule has 0 N–H and O–H groups in total. The standard InChI is InChI=1S/C22H17FO4/c1-26-19-10-2-15(3-11-19)14-21(24)27-20-12-6-17(7-13-20)22(25)16-4-8-18(23)9-5-16/h2-13H,14H2,1H3. The molecule has 3 aromatic carbocycles. The van der Waals surface area contributed by atoms with Crippen LogP contribution in [-0.2, 0) is 11.2 Å². The molecule has 4 nitrogen and oxygen atoms in total. The predicted molar refractivity (Wildman–Crippen MR) is 98.6 cm³/mol. The van der Waals surface area contributed by atoms with E-state index in [9.17, 15) is 14.0 Å². The van der Waals surface area contributed by atoms with E-state index in [1.54, 1.807) is 55.6 Å². The van der Waals surface area contributed by atoms with Crippen molar-refractivity contribution in [3.8, 4) is 11.5 Å². The van der Waals surface area contributed by atoms with E-state index < -0.39 is 11.8 Å². The van der Waals surface area contributed by atoms with Gasteiger partial charge >= 0.3 is 5.97 Å². The van der Waals surface area contributed by atoms with Crippen LogP contribution in [0.4, 0.5) is 4.39 Å². The summed E-state index contributed by atoms with van der Waals surface area (Å²) in [4.78, 5) is 24.4. The van der Waals surface area contributed by atoms with Crippen molar-refractivity contribution in [3.63, 3.8) is 0 Å². The van der Waals surface area contributed by atoms with Crippen molar-refractivity contribution in [3.05, 3.63) is 95.3 Å². The first-order valence-electron chi connectivity index (χ1n) is 8.29. The van der Waals surface area contributed by atoms with Crippen molar-refractivity contribution in [2.24, 2.45) is 0 Å². The molecule has 0 aliphatic carbocycles. The molecule has 5 heteroatoms. The number of esters is 1. The molecule has 0 aliphatic heterocycles. The summed E-state index contributed by atoms with van der Waals surface area (Å²) in [5.41, 5.74) is 1.63. The third-order valence-corrected chi connectivity index (χ3v) is 3.96. The predicted octanol–water partition coefficient (Wildman–Crippen LogP) is 4.21. The second-order valence-corrected chi connectivity index (χ2v) is 5.86. The summed E-state index contributed by atoms with van der Waals surface area (Å²) in [5.74, 6) is 0.0345. The van der Waals surface area contributed by atoms with Crippen LogP contribution in [0.3, 0.4) is 0 Å². The van der Waals surface area contributed by atoms with Gasteiger partial charge in [-0.3, -0.25) is 9.59 Å². The number of hydrogen-bond acceptors (Lipinski definition) is 4. The Labute approximate surface area is 156 Å². The van der Waals surface area contributed by atoms with Crippen LogP contribution in [0, 0.1) is 5.82 Å². The molecule has 0 unspecified atom stereocenters.